The fourth-order valence-corrected chi connectivity index (χ4v) is 5.10. The molecular formula is C24H29N5O2. The van der Waals surface area contributed by atoms with Gasteiger partial charge in [-0.3, -0.25) is 19.2 Å². The van der Waals surface area contributed by atoms with Crippen LogP contribution in [0.4, 0.5) is 0 Å². The van der Waals surface area contributed by atoms with E-state index in [9.17, 15) is 9.59 Å². The fourth-order valence-electron chi connectivity index (χ4n) is 5.10. The van der Waals surface area contributed by atoms with Crippen molar-refractivity contribution < 1.29 is 4.79 Å². The van der Waals surface area contributed by atoms with E-state index in [0.29, 0.717) is 5.91 Å². The van der Waals surface area contributed by atoms with Crippen LogP contribution in [0.3, 0.4) is 0 Å². The van der Waals surface area contributed by atoms with Crippen molar-refractivity contribution in [3.05, 3.63) is 64.8 Å². The van der Waals surface area contributed by atoms with Gasteiger partial charge in [0.25, 0.3) is 0 Å². The van der Waals surface area contributed by atoms with Crippen molar-refractivity contribution in [2.75, 3.05) is 26.2 Å². The van der Waals surface area contributed by atoms with Crippen LogP contribution in [0.25, 0.3) is 11.0 Å². The Morgan fingerprint density at radius 2 is 1.71 bits per heavy atom. The number of aromatic nitrogens is 3. The lowest BCUT2D eigenvalue weighted by molar-refractivity contribution is -0.138. The molecule has 2 aromatic heterocycles. The first-order chi connectivity index (χ1) is 15.2. The highest BCUT2D eigenvalue weighted by Crippen LogP contribution is 2.27. The number of carbonyl (C=O) groups is 1. The molecule has 3 aromatic rings. The van der Waals surface area contributed by atoms with E-state index in [1.54, 1.807) is 0 Å². The van der Waals surface area contributed by atoms with Crippen LogP contribution < -0.4 is 5.69 Å². The van der Waals surface area contributed by atoms with E-state index in [1.807, 2.05) is 52.1 Å². The van der Waals surface area contributed by atoms with E-state index < -0.39 is 0 Å². The minimum Gasteiger partial charge on any atom is -0.342 e. The number of nitrogens with one attached hydrogen (secondary N) is 1. The number of hydrogen-bond acceptors (Lipinski definition) is 4. The third kappa shape index (κ3) is 4.14. The second-order valence-electron chi connectivity index (χ2n) is 8.75. The largest absolute Gasteiger partial charge is 0.342 e. The smallest absolute Gasteiger partial charge is 0.326 e. The zero-order valence-electron chi connectivity index (χ0n) is 17.7. The second-order valence-corrected chi connectivity index (χ2v) is 8.75. The van der Waals surface area contributed by atoms with Gasteiger partial charge in [0, 0.05) is 37.8 Å². The Kier molecular flexibility index (Phi) is 5.59. The Labute approximate surface area is 181 Å². The molecule has 1 amide bonds. The molecule has 31 heavy (non-hydrogen) atoms. The molecule has 0 atom stereocenters. The number of carbonyl (C=O) groups excluding carboxylic acids is 1. The van der Waals surface area contributed by atoms with E-state index in [4.69, 9.17) is 0 Å². The normalized spacial score (nSPS) is 19.2. The van der Waals surface area contributed by atoms with E-state index in [-0.39, 0.29) is 17.6 Å². The molecule has 2 aliphatic heterocycles. The predicted molar refractivity (Wildman–Crippen MR) is 120 cm³/mol. The molecule has 0 saturated carbocycles. The van der Waals surface area contributed by atoms with Crippen LogP contribution in [0.5, 0.6) is 0 Å². The molecule has 0 aliphatic carbocycles. The second kappa shape index (κ2) is 8.67. The van der Waals surface area contributed by atoms with Gasteiger partial charge in [0.1, 0.15) is 0 Å². The standard InChI is InChI=1S/C24H29N5O2/c30-23(18-8-13-27(14-9-18)17-19-5-3-4-12-25-19)28-15-10-20(11-16-28)29-22-7-2-1-6-21(22)26-24(29)31/h1-7,12,18,20H,8-11,13-17H2,(H,26,31). The first-order valence-corrected chi connectivity index (χ1v) is 11.3. The summed E-state index contributed by atoms with van der Waals surface area (Å²) in [4.78, 5) is 37.4. The first kappa shape index (κ1) is 20.0. The van der Waals surface area contributed by atoms with Gasteiger partial charge in [-0.15, -0.1) is 0 Å². The maximum absolute atomic E-state index is 13.1. The molecule has 2 saturated heterocycles. The van der Waals surface area contributed by atoms with Crippen molar-refractivity contribution in [3.63, 3.8) is 0 Å². The number of para-hydroxylation sites is 2. The molecule has 4 heterocycles. The van der Waals surface area contributed by atoms with Gasteiger partial charge in [0.2, 0.25) is 5.91 Å². The monoisotopic (exact) mass is 419 g/mol. The van der Waals surface area contributed by atoms with E-state index >= 15 is 0 Å². The summed E-state index contributed by atoms with van der Waals surface area (Å²) in [6.45, 7) is 4.18. The Bertz CT molecular complexity index is 1090. The predicted octanol–water partition coefficient (Wildman–Crippen LogP) is 2.80. The number of fused-ring (bicyclic) bond motifs is 1. The summed E-state index contributed by atoms with van der Waals surface area (Å²) < 4.78 is 1.88. The zero-order chi connectivity index (χ0) is 21.2. The van der Waals surface area contributed by atoms with Gasteiger partial charge in [-0.1, -0.05) is 18.2 Å². The number of hydrogen-bond donors (Lipinski definition) is 1. The van der Waals surface area contributed by atoms with Gasteiger partial charge in [-0.2, -0.15) is 0 Å². The molecule has 2 fully saturated rings. The van der Waals surface area contributed by atoms with E-state index in [1.165, 1.54) is 0 Å². The molecule has 7 nitrogen and oxygen atoms in total. The highest BCUT2D eigenvalue weighted by Gasteiger charge is 2.32. The number of nitrogens with zero attached hydrogens (tertiary/aromatic N) is 4. The maximum atomic E-state index is 13.1. The number of imidazole rings is 1. The molecule has 1 N–H and O–H groups in total. The number of benzene rings is 1. The molecule has 5 rings (SSSR count). The van der Waals surface area contributed by atoms with Crippen LogP contribution >= 0.6 is 0 Å². The van der Waals surface area contributed by atoms with Crippen molar-refractivity contribution >= 4 is 16.9 Å². The van der Waals surface area contributed by atoms with Crippen molar-refractivity contribution in [2.45, 2.75) is 38.3 Å². The summed E-state index contributed by atoms with van der Waals surface area (Å²) >= 11 is 0. The van der Waals surface area contributed by atoms with Crippen LogP contribution in [-0.4, -0.2) is 56.4 Å². The van der Waals surface area contributed by atoms with Gasteiger partial charge < -0.3 is 9.88 Å². The van der Waals surface area contributed by atoms with Crippen LogP contribution in [-0.2, 0) is 11.3 Å². The lowest BCUT2D eigenvalue weighted by Gasteiger charge is -2.37. The lowest BCUT2D eigenvalue weighted by atomic mass is 9.93. The molecule has 0 spiro atoms. The quantitative estimate of drug-likeness (QED) is 0.706. The summed E-state index contributed by atoms with van der Waals surface area (Å²) in [6.07, 6.45) is 5.30. The van der Waals surface area contributed by atoms with E-state index in [2.05, 4.69) is 20.9 Å². The summed E-state index contributed by atoms with van der Waals surface area (Å²) in [5.74, 6) is 0.412. The van der Waals surface area contributed by atoms with Crippen LogP contribution in [0.2, 0.25) is 0 Å². The average molecular weight is 420 g/mol. The van der Waals surface area contributed by atoms with Crippen molar-refractivity contribution in [1.82, 2.24) is 24.3 Å². The molecule has 162 valence electrons. The van der Waals surface area contributed by atoms with Crippen molar-refractivity contribution in [1.29, 1.82) is 0 Å². The maximum Gasteiger partial charge on any atom is 0.326 e. The van der Waals surface area contributed by atoms with Gasteiger partial charge >= 0.3 is 5.69 Å². The van der Waals surface area contributed by atoms with Crippen LogP contribution in [0.15, 0.2) is 53.5 Å². The molecule has 2 aliphatic rings. The third-order valence-electron chi connectivity index (χ3n) is 6.81. The molecular weight excluding hydrogens is 390 g/mol. The molecule has 7 heteroatoms. The number of piperidine rings is 2. The molecule has 0 radical (unpaired) electrons. The summed E-state index contributed by atoms with van der Waals surface area (Å²) in [5, 5.41) is 0. The number of H-pyrrole nitrogens is 1. The average Bonchev–Trinajstić information content (AvgIpc) is 3.15. The van der Waals surface area contributed by atoms with E-state index in [0.717, 1.165) is 75.1 Å². The topological polar surface area (TPSA) is 74.2 Å². The molecule has 1 aromatic carbocycles. The Balaban J connectivity index is 1.15. The van der Waals surface area contributed by atoms with Gasteiger partial charge in [0.05, 0.1) is 16.7 Å². The molecule has 0 unspecified atom stereocenters. The summed E-state index contributed by atoms with van der Waals surface area (Å²) in [7, 11) is 0. The number of pyridine rings is 1. The number of aromatic amines is 1. The minimum absolute atomic E-state index is 0.0498. The number of likely N-dealkylation sites (tertiary alicyclic amines) is 2. The zero-order valence-corrected chi connectivity index (χ0v) is 17.7. The number of amides is 1. The molecule has 0 bridgehead atoms. The fraction of sp³-hybridized carbons (Fsp3) is 0.458. The van der Waals surface area contributed by atoms with Crippen LogP contribution in [0.1, 0.15) is 37.4 Å². The highest BCUT2D eigenvalue weighted by atomic mass is 16.2. The van der Waals surface area contributed by atoms with Crippen molar-refractivity contribution in [3.8, 4) is 0 Å². The summed E-state index contributed by atoms with van der Waals surface area (Å²) in [5.41, 5.74) is 2.87. The van der Waals surface area contributed by atoms with Gasteiger partial charge in [-0.25, -0.2) is 4.79 Å². The Morgan fingerprint density at radius 3 is 2.45 bits per heavy atom. The van der Waals surface area contributed by atoms with Gasteiger partial charge in [-0.05, 0) is 63.0 Å². The van der Waals surface area contributed by atoms with Gasteiger partial charge in [0.15, 0.2) is 0 Å². The third-order valence-corrected chi connectivity index (χ3v) is 6.81. The number of rotatable bonds is 4. The Morgan fingerprint density at radius 1 is 0.968 bits per heavy atom. The first-order valence-electron chi connectivity index (χ1n) is 11.3. The minimum atomic E-state index is -0.0498. The van der Waals surface area contributed by atoms with Crippen LogP contribution in [0, 0.1) is 5.92 Å². The lowest BCUT2D eigenvalue weighted by Crippen LogP contribution is -2.46. The SMILES string of the molecule is O=C(C1CCN(Cc2ccccn2)CC1)N1CCC(n2c(=O)[nH]c3ccccc32)CC1. The Hall–Kier alpha value is -2.93. The summed E-state index contributed by atoms with van der Waals surface area (Å²) in [6, 6.07) is 14.0. The van der Waals surface area contributed by atoms with Crippen molar-refractivity contribution in [2.24, 2.45) is 5.92 Å². The highest BCUT2D eigenvalue weighted by molar-refractivity contribution is 5.79.